The average Bonchev–Trinajstić information content (AvgIpc) is 2.41. The Labute approximate surface area is 65.7 Å². The lowest BCUT2D eigenvalue weighted by atomic mass is 10.5. The first kappa shape index (κ1) is 7.66. The topological polar surface area (TPSA) is 19.7 Å². The van der Waals surface area contributed by atoms with Gasteiger partial charge in [0, 0.05) is 0 Å². The van der Waals surface area contributed by atoms with Crippen LogP contribution in [-0.2, 0) is 6.54 Å². The van der Waals surface area contributed by atoms with Crippen LogP contribution in [0.15, 0.2) is 18.7 Å². The fourth-order valence-electron chi connectivity index (χ4n) is 0.851. The highest BCUT2D eigenvalue weighted by Gasteiger charge is 1.93. The quantitative estimate of drug-likeness (QED) is 0.511. The number of hydrogen-bond donors (Lipinski definition) is 1. The van der Waals surface area contributed by atoms with Crippen LogP contribution >= 0.6 is 11.8 Å². The molecule has 1 aromatic heterocycles. The molecule has 0 spiro atoms. The lowest BCUT2D eigenvalue weighted by molar-refractivity contribution is -0.695. The van der Waals surface area contributed by atoms with E-state index in [1.54, 1.807) is 0 Å². The zero-order valence-corrected chi connectivity index (χ0v) is 7.03. The largest absolute Gasteiger partial charge is 0.250 e. The van der Waals surface area contributed by atoms with Crippen molar-refractivity contribution in [2.75, 3.05) is 12.0 Å². The number of nitrogens with zero attached hydrogens (tertiary/aromatic N) is 1. The van der Waals surface area contributed by atoms with Crippen LogP contribution in [-0.4, -0.2) is 17.0 Å². The molecule has 10 heavy (non-hydrogen) atoms. The Kier molecular flexibility index (Phi) is 3.36. The number of aromatic amines is 1. The zero-order chi connectivity index (χ0) is 7.23. The third-order valence-corrected chi connectivity index (χ3v) is 2.06. The molecular weight excluding hydrogens is 144 g/mol. The van der Waals surface area contributed by atoms with Crippen LogP contribution in [0.3, 0.4) is 0 Å². The van der Waals surface area contributed by atoms with Gasteiger partial charge >= 0.3 is 0 Å². The molecule has 1 heterocycles. The molecule has 56 valence electrons. The second-order valence-corrected chi connectivity index (χ2v) is 3.18. The molecule has 0 radical (unpaired) electrons. The van der Waals surface area contributed by atoms with E-state index in [4.69, 9.17) is 0 Å². The Balaban J connectivity index is 2.15. The first-order valence-corrected chi connectivity index (χ1v) is 4.83. The van der Waals surface area contributed by atoms with Gasteiger partial charge in [0.1, 0.15) is 12.4 Å². The minimum Gasteiger partial charge on any atom is -0.250 e. The molecule has 0 saturated carbocycles. The van der Waals surface area contributed by atoms with Crippen molar-refractivity contribution in [3.8, 4) is 0 Å². The molecule has 1 aromatic rings. The summed E-state index contributed by atoms with van der Waals surface area (Å²) in [5.74, 6) is 1.25. The summed E-state index contributed by atoms with van der Waals surface area (Å²) in [5.41, 5.74) is 0. The molecule has 0 aliphatic heterocycles. The number of nitrogens with one attached hydrogen (secondary N) is 1. The van der Waals surface area contributed by atoms with Crippen LogP contribution in [0.2, 0.25) is 0 Å². The minimum atomic E-state index is 1.13. The van der Waals surface area contributed by atoms with Crippen LogP contribution in [0.25, 0.3) is 0 Å². The number of rotatable bonds is 4. The molecule has 0 aliphatic rings. The van der Waals surface area contributed by atoms with Gasteiger partial charge in [0.2, 0.25) is 6.33 Å². The van der Waals surface area contributed by atoms with Gasteiger partial charge in [-0.1, -0.05) is 0 Å². The molecule has 2 nitrogen and oxygen atoms in total. The highest BCUT2D eigenvalue weighted by atomic mass is 32.2. The molecule has 0 saturated heterocycles. The van der Waals surface area contributed by atoms with Crippen molar-refractivity contribution in [2.45, 2.75) is 13.0 Å². The Bertz CT molecular complexity index is 160. The van der Waals surface area contributed by atoms with Gasteiger partial charge in [0.15, 0.2) is 0 Å². The highest BCUT2D eigenvalue weighted by molar-refractivity contribution is 7.98. The predicted molar refractivity (Wildman–Crippen MR) is 44.0 cm³/mol. The highest BCUT2D eigenvalue weighted by Crippen LogP contribution is 1.93. The van der Waals surface area contributed by atoms with E-state index in [1.807, 2.05) is 24.3 Å². The lowest BCUT2D eigenvalue weighted by Crippen LogP contribution is -2.30. The van der Waals surface area contributed by atoms with E-state index in [0.717, 1.165) is 6.54 Å². The van der Waals surface area contributed by atoms with E-state index in [1.165, 1.54) is 12.2 Å². The van der Waals surface area contributed by atoms with Crippen LogP contribution in [0.4, 0.5) is 0 Å². The predicted octanol–water partition coefficient (Wildman–Crippen LogP) is 1.06. The number of imidazole rings is 1. The second kappa shape index (κ2) is 4.39. The number of hydrogen-bond acceptors (Lipinski definition) is 1. The van der Waals surface area contributed by atoms with Gasteiger partial charge in [-0.05, 0) is 18.4 Å². The summed E-state index contributed by atoms with van der Waals surface area (Å²) in [4.78, 5) is 3.01. The summed E-state index contributed by atoms with van der Waals surface area (Å²) in [6, 6.07) is 0. The standard InChI is InChI=1S/C7H12N2S/c1-10-6-2-4-9-5-3-8-7-9/h3,5,7H,2,4,6H2,1H3/p+1. The molecule has 0 bridgehead atoms. The molecule has 0 amide bonds. The van der Waals surface area contributed by atoms with E-state index in [2.05, 4.69) is 22.0 Å². The Morgan fingerprint density at radius 3 is 3.10 bits per heavy atom. The van der Waals surface area contributed by atoms with Gasteiger partial charge in [0.25, 0.3) is 0 Å². The molecule has 0 aliphatic carbocycles. The third-order valence-electron chi connectivity index (χ3n) is 1.37. The van der Waals surface area contributed by atoms with Gasteiger partial charge in [-0.25, -0.2) is 4.57 Å². The molecule has 0 aromatic carbocycles. The molecule has 0 atom stereocenters. The van der Waals surface area contributed by atoms with Gasteiger partial charge < -0.3 is 0 Å². The molecule has 1 N–H and O–H groups in total. The van der Waals surface area contributed by atoms with E-state index >= 15 is 0 Å². The van der Waals surface area contributed by atoms with Gasteiger partial charge in [-0.2, -0.15) is 11.8 Å². The van der Waals surface area contributed by atoms with Gasteiger partial charge in [-0.3, -0.25) is 4.98 Å². The zero-order valence-electron chi connectivity index (χ0n) is 6.21. The first-order valence-electron chi connectivity index (χ1n) is 3.44. The molecule has 3 heteroatoms. The first-order chi connectivity index (χ1) is 4.93. The van der Waals surface area contributed by atoms with E-state index < -0.39 is 0 Å². The van der Waals surface area contributed by atoms with E-state index in [-0.39, 0.29) is 0 Å². The van der Waals surface area contributed by atoms with Crippen molar-refractivity contribution < 1.29 is 4.57 Å². The van der Waals surface area contributed by atoms with Crippen molar-refractivity contribution in [3.05, 3.63) is 18.7 Å². The average molecular weight is 157 g/mol. The smallest absolute Gasteiger partial charge is 0.241 e. The molecular formula is C7H13N2S+. The number of thioether (sulfide) groups is 1. The summed E-state index contributed by atoms with van der Waals surface area (Å²) < 4.78 is 2.16. The van der Waals surface area contributed by atoms with Crippen molar-refractivity contribution in [1.29, 1.82) is 0 Å². The summed E-state index contributed by atoms with van der Waals surface area (Å²) >= 11 is 1.90. The Morgan fingerprint density at radius 1 is 1.60 bits per heavy atom. The van der Waals surface area contributed by atoms with Crippen molar-refractivity contribution in [3.63, 3.8) is 0 Å². The number of aryl methyl sites for hydroxylation is 1. The van der Waals surface area contributed by atoms with Crippen molar-refractivity contribution in [1.82, 2.24) is 4.98 Å². The summed E-state index contributed by atoms with van der Waals surface area (Å²) in [5, 5.41) is 0. The Hall–Kier alpha value is -0.440. The van der Waals surface area contributed by atoms with Crippen molar-refractivity contribution in [2.24, 2.45) is 0 Å². The van der Waals surface area contributed by atoms with E-state index in [9.17, 15) is 0 Å². The second-order valence-electron chi connectivity index (χ2n) is 2.20. The molecule has 1 rings (SSSR count). The maximum absolute atomic E-state index is 3.01. The number of aromatic nitrogens is 2. The molecule has 0 fully saturated rings. The minimum absolute atomic E-state index is 1.13. The summed E-state index contributed by atoms with van der Waals surface area (Å²) in [7, 11) is 0. The van der Waals surface area contributed by atoms with E-state index in [0.29, 0.717) is 0 Å². The van der Waals surface area contributed by atoms with Crippen molar-refractivity contribution >= 4 is 11.8 Å². The SMILES string of the molecule is CSCCC[n+]1cc[nH]c1. The van der Waals surface area contributed by atoms with Crippen LogP contribution in [0.1, 0.15) is 6.42 Å². The Morgan fingerprint density at radius 2 is 2.50 bits per heavy atom. The fourth-order valence-corrected chi connectivity index (χ4v) is 1.27. The van der Waals surface area contributed by atoms with Crippen LogP contribution in [0.5, 0.6) is 0 Å². The fraction of sp³-hybridized carbons (Fsp3) is 0.571. The maximum Gasteiger partial charge on any atom is 0.241 e. The normalized spacial score (nSPS) is 10.1. The summed E-state index contributed by atoms with van der Waals surface area (Å²) in [6.07, 6.45) is 9.38. The summed E-state index contributed by atoms with van der Waals surface area (Å²) in [6.45, 7) is 1.13. The molecule has 0 unspecified atom stereocenters. The lowest BCUT2D eigenvalue weighted by Gasteiger charge is -1.92. The van der Waals surface area contributed by atoms with Gasteiger partial charge in [0.05, 0.1) is 6.54 Å². The van der Waals surface area contributed by atoms with Gasteiger partial charge in [-0.15, -0.1) is 0 Å². The monoisotopic (exact) mass is 157 g/mol. The van der Waals surface area contributed by atoms with Crippen LogP contribution in [0, 0.1) is 0 Å². The third kappa shape index (κ3) is 2.43. The van der Waals surface area contributed by atoms with Crippen LogP contribution < -0.4 is 4.57 Å². The number of H-pyrrole nitrogens is 1. The maximum atomic E-state index is 3.01.